The molecule has 0 aliphatic heterocycles. The zero-order chi connectivity index (χ0) is 29.6. The van der Waals surface area contributed by atoms with Gasteiger partial charge in [0.1, 0.15) is 11.3 Å². The van der Waals surface area contributed by atoms with Crippen molar-refractivity contribution in [2.75, 3.05) is 39.4 Å². The number of hydrogen-bond acceptors (Lipinski definition) is 8. The first-order valence-corrected chi connectivity index (χ1v) is 12.6. The maximum atomic E-state index is 15.5. The van der Waals surface area contributed by atoms with E-state index in [4.69, 9.17) is 30.5 Å². The number of ether oxygens (including phenoxy) is 4. The minimum atomic E-state index is -4.87. The standard InChI is InChI=1S/C25H21ClF4IN3O6/c1-37-11-15(12-38-2)34(23(35)19-5-4-13(26)9-32-19)20-8-18(27)21(7-16(20)24(36)39-3)40-22-17(25(28,29)30)6-14(31)10-33-22/h4-10,15H,11-12H2,1-3H3. The van der Waals surface area contributed by atoms with Gasteiger partial charge in [0.15, 0.2) is 11.6 Å². The van der Waals surface area contributed by atoms with Gasteiger partial charge >= 0.3 is 12.1 Å². The topological polar surface area (TPSA) is 100 Å². The smallest absolute Gasteiger partial charge is 0.421 e. The summed E-state index contributed by atoms with van der Waals surface area (Å²) in [6, 6.07) is 4.17. The van der Waals surface area contributed by atoms with Crippen molar-refractivity contribution >= 4 is 51.8 Å². The molecule has 3 aromatic rings. The average Bonchev–Trinajstić information content (AvgIpc) is 2.90. The maximum Gasteiger partial charge on any atom is 0.421 e. The van der Waals surface area contributed by atoms with Gasteiger partial charge in [-0.1, -0.05) is 11.6 Å². The van der Waals surface area contributed by atoms with Crippen molar-refractivity contribution in [3.63, 3.8) is 0 Å². The van der Waals surface area contributed by atoms with Crippen LogP contribution in [0.1, 0.15) is 26.4 Å². The lowest BCUT2D eigenvalue weighted by molar-refractivity contribution is -0.139. The van der Waals surface area contributed by atoms with Crippen molar-refractivity contribution in [1.29, 1.82) is 0 Å². The Morgan fingerprint density at radius 3 is 2.27 bits per heavy atom. The monoisotopic (exact) mass is 697 g/mol. The van der Waals surface area contributed by atoms with Crippen molar-refractivity contribution in [1.82, 2.24) is 9.97 Å². The summed E-state index contributed by atoms with van der Waals surface area (Å²) in [5.74, 6) is -4.73. The fraction of sp³-hybridized carbons (Fsp3) is 0.280. The molecule has 1 aromatic carbocycles. The fourth-order valence-electron chi connectivity index (χ4n) is 3.59. The first-order chi connectivity index (χ1) is 18.9. The Hall–Kier alpha value is -3.08. The zero-order valence-corrected chi connectivity index (χ0v) is 24.0. The number of benzene rings is 1. The van der Waals surface area contributed by atoms with Gasteiger partial charge in [0.05, 0.1) is 42.6 Å². The van der Waals surface area contributed by atoms with E-state index >= 15 is 4.39 Å². The number of nitrogens with zero attached hydrogens (tertiary/aromatic N) is 3. The lowest BCUT2D eigenvalue weighted by Gasteiger charge is -2.32. The Bertz CT molecular complexity index is 1370. The molecule has 1 amide bonds. The summed E-state index contributed by atoms with van der Waals surface area (Å²) in [5.41, 5.74) is -2.08. The largest absolute Gasteiger partial charge is 0.465 e. The molecule has 0 N–H and O–H groups in total. The number of aromatic nitrogens is 2. The van der Waals surface area contributed by atoms with Crippen LogP contribution in [-0.2, 0) is 20.4 Å². The summed E-state index contributed by atoms with van der Waals surface area (Å²) in [6.07, 6.45) is -2.55. The normalized spacial score (nSPS) is 11.4. The number of alkyl halides is 3. The fourth-order valence-corrected chi connectivity index (χ4v) is 4.15. The zero-order valence-electron chi connectivity index (χ0n) is 21.1. The van der Waals surface area contributed by atoms with Crippen LogP contribution in [0.3, 0.4) is 0 Å². The third-order valence-corrected chi connectivity index (χ3v) is 6.11. The highest BCUT2D eigenvalue weighted by molar-refractivity contribution is 14.1. The molecule has 0 aliphatic rings. The van der Waals surface area contributed by atoms with Crippen molar-refractivity contribution in [2.24, 2.45) is 0 Å². The van der Waals surface area contributed by atoms with Crippen molar-refractivity contribution in [3.8, 4) is 11.6 Å². The van der Waals surface area contributed by atoms with E-state index < -0.39 is 52.7 Å². The van der Waals surface area contributed by atoms with Gasteiger partial charge in [0.25, 0.3) is 5.91 Å². The summed E-state index contributed by atoms with van der Waals surface area (Å²) in [4.78, 5) is 35.1. The molecule has 0 atom stereocenters. The number of amides is 1. The second kappa shape index (κ2) is 13.5. The third-order valence-electron chi connectivity index (χ3n) is 5.29. The molecule has 0 saturated heterocycles. The van der Waals surface area contributed by atoms with E-state index in [2.05, 4.69) is 9.97 Å². The van der Waals surface area contributed by atoms with Gasteiger partial charge in [-0.15, -0.1) is 0 Å². The first kappa shape index (κ1) is 31.4. The molecule has 0 radical (unpaired) electrons. The van der Waals surface area contributed by atoms with E-state index in [0.717, 1.165) is 36.4 Å². The van der Waals surface area contributed by atoms with E-state index in [1.54, 1.807) is 22.6 Å². The van der Waals surface area contributed by atoms with Crippen LogP contribution in [0.25, 0.3) is 0 Å². The van der Waals surface area contributed by atoms with E-state index in [-0.39, 0.29) is 33.2 Å². The SMILES string of the molecule is COCC(COC)N(C(=O)c1ccc(Cl)cn1)c1cc(F)c(Oc2ncc(I)cc2C(F)(F)F)cc1C(=O)OC. The van der Waals surface area contributed by atoms with Gasteiger partial charge in [0.2, 0.25) is 5.88 Å². The van der Waals surface area contributed by atoms with Crippen molar-refractivity contribution in [2.45, 2.75) is 12.2 Å². The number of carbonyl (C=O) groups excluding carboxylic acids is 2. The predicted octanol–water partition coefficient (Wildman–Crippen LogP) is 5.78. The molecular weight excluding hydrogens is 677 g/mol. The Labute approximate surface area is 244 Å². The minimum absolute atomic E-state index is 0.115. The van der Waals surface area contributed by atoms with Crippen LogP contribution in [-0.4, -0.2) is 62.4 Å². The lowest BCUT2D eigenvalue weighted by atomic mass is 10.1. The average molecular weight is 698 g/mol. The summed E-state index contributed by atoms with van der Waals surface area (Å²) in [5, 5.41) is 0.249. The van der Waals surface area contributed by atoms with Crippen LogP contribution in [0, 0.1) is 9.39 Å². The Balaban J connectivity index is 2.21. The van der Waals surface area contributed by atoms with Crippen LogP contribution < -0.4 is 9.64 Å². The summed E-state index contributed by atoms with van der Waals surface area (Å²) in [7, 11) is 3.75. The number of esters is 1. The number of hydrogen-bond donors (Lipinski definition) is 0. The van der Waals surface area contributed by atoms with Gasteiger partial charge in [0, 0.05) is 42.3 Å². The second-order valence-corrected chi connectivity index (χ2v) is 9.68. The van der Waals surface area contributed by atoms with Crippen molar-refractivity contribution < 1.29 is 46.1 Å². The van der Waals surface area contributed by atoms with Crippen LogP contribution in [0.2, 0.25) is 5.02 Å². The van der Waals surface area contributed by atoms with Crippen LogP contribution >= 0.6 is 34.2 Å². The maximum absolute atomic E-state index is 15.5. The molecule has 40 heavy (non-hydrogen) atoms. The summed E-state index contributed by atoms with van der Waals surface area (Å²) >= 11 is 7.52. The quantitative estimate of drug-likeness (QED) is 0.150. The third kappa shape index (κ3) is 7.35. The molecular formula is C25H21ClF4IN3O6. The van der Waals surface area contributed by atoms with Crippen LogP contribution in [0.5, 0.6) is 11.6 Å². The Morgan fingerprint density at radius 1 is 1.05 bits per heavy atom. The van der Waals surface area contributed by atoms with E-state index in [1.165, 1.54) is 32.5 Å². The molecule has 0 bridgehead atoms. The number of anilines is 1. The minimum Gasteiger partial charge on any atom is -0.465 e. The number of rotatable bonds is 10. The molecule has 0 spiro atoms. The molecule has 0 aliphatic carbocycles. The number of halogens is 6. The Kier molecular flexibility index (Phi) is 10.6. The predicted molar refractivity (Wildman–Crippen MR) is 143 cm³/mol. The van der Waals surface area contributed by atoms with Crippen molar-refractivity contribution in [3.05, 3.63) is 74.0 Å². The molecule has 15 heteroatoms. The van der Waals surface area contributed by atoms with Gasteiger partial charge in [-0.2, -0.15) is 13.2 Å². The molecule has 214 valence electrons. The van der Waals surface area contributed by atoms with E-state index in [1.807, 2.05) is 0 Å². The summed E-state index contributed by atoms with van der Waals surface area (Å²) < 4.78 is 76.9. The first-order valence-electron chi connectivity index (χ1n) is 11.2. The number of carbonyl (C=O) groups is 2. The highest BCUT2D eigenvalue weighted by atomic mass is 127. The second-order valence-electron chi connectivity index (χ2n) is 8.00. The van der Waals surface area contributed by atoms with E-state index in [9.17, 15) is 22.8 Å². The van der Waals surface area contributed by atoms with Gasteiger partial charge in [-0.05, 0) is 40.8 Å². The molecule has 0 fully saturated rings. The highest BCUT2D eigenvalue weighted by Crippen LogP contribution is 2.39. The van der Waals surface area contributed by atoms with Crippen LogP contribution in [0.4, 0.5) is 23.2 Å². The lowest BCUT2D eigenvalue weighted by Crippen LogP contribution is -2.47. The number of pyridine rings is 2. The molecule has 2 aromatic heterocycles. The molecule has 3 rings (SSSR count). The molecule has 0 saturated carbocycles. The molecule has 0 unspecified atom stereocenters. The molecule has 9 nitrogen and oxygen atoms in total. The van der Waals surface area contributed by atoms with E-state index in [0.29, 0.717) is 0 Å². The Morgan fingerprint density at radius 2 is 1.73 bits per heavy atom. The van der Waals surface area contributed by atoms with Crippen LogP contribution in [0.15, 0.2) is 42.7 Å². The molecule has 2 heterocycles. The number of methoxy groups -OCH3 is 3. The summed E-state index contributed by atoms with van der Waals surface area (Å²) in [6.45, 7) is -0.232. The van der Waals surface area contributed by atoms with Gasteiger partial charge in [-0.25, -0.2) is 19.2 Å². The van der Waals surface area contributed by atoms with Gasteiger partial charge < -0.3 is 18.9 Å². The highest BCUT2D eigenvalue weighted by Gasteiger charge is 2.37. The van der Waals surface area contributed by atoms with Gasteiger partial charge in [-0.3, -0.25) is 9.69 Å².